The Labute approximate surface area is 98.9 Å². The smallest absolute Gasteiger partial charge is 0.180 e. The van der Waals surface area contributed by atoms with Crippen molar-refractivity contribution >= 4 is 17.0 Å². The van der Waals surface area contributed by atoms with Crippen molar-refractivity contribution in [2.24, 2.45) is 0 Å². The highest BCUT2D eigenvalue weighted by Gasteiger charge is 2.36. The molecule has 0 bridgehead atoms. The van der Waals surface area contributed by atoms with Crippen LogP contribution in [0.4, 0.5) is 5.82 Å². The fourth-order valence-electron chi connectivity index (χ4n) is 2.12. The van der Waals surface area contributed by atoms with Crippen LogP contribution in [0.25, 0.3) is 11.2 Å². The van der Waals surface area contributed by atoms with Crippen LogP contribution < -0.4 is 5.32 Å². The van der Waals surface area contributed by atoms with Gasteiger partial charge in [-0.05, 0) is 31.4 Å². The Balaban J connectivity index is 1.90. The van der Waals surface area contributed by atoms with Crippen molar-refractivity contribution in [3.05, 3.63) is 24.5 Å². The lowest BCUT2D eigenvalue weighted by Gasteiger charge is -2.41. The molecule has 88 valence electrons. The first-order chi connectivity index (χ1) is 8.31. The van der Waals surface area contributed by atoms with Crippen LogP contribution in [0.1, 0.15) is 19.3 Å². The Bertz CT molecular complexity index is 533. The molecular formula is C12H14N4O. The molecule has 0 saturated heterocycles. The molecule has 1 saturated carbocycles. The van der Waals surface area contributed by atoms with E-state index in [1.54, 1.807) is 12.4 Å². The molecule has 0 amide bonds. The molecule has 5 heteroatoms. The molecular weight excluding hydrogens is 216 g/mol. The van der Waals surface area contributed by atoms with Gasteiger partial charge in [0, 0.05) is 12.4 Å². The number of hydrogen-bond donors (Lipinski definition) is 2. The van der Waals surface area contributed by atoms with E-state index in [4.69, 9.17) is 0 Å². The van der Waals surface area contributed by atoms with E-state index in [1.807, 2.05) is 12.1 Å². The van der Waals surface area contributed by atoms with Gasteiger partial charge >= 0.3 is 0 Å². The minimum Gasteiger partial charge on any atom is -0.394 e. The largest absolute Gasteiger partial charge is 0.394 e. The van der Waals surface area contributed by atoms with E-state index < -0.39 is 0 Å². The highest BCUT2D eigenvalue weighted by Crippen LogP contribution is 2.34. The predicted octanol–water partition coefficient (Wildman–Crippen LogP) is 1.35. The molecule has 1 aliphatic carbocycles. The summed E-state index contributed by atoms with van der Waals surface area (Å²) in [5.74, 6) is 0.756. The molecule has 1 fully saturated rings. The summed E-state index contributed by atoms with van der Waals surface area (Å²) in [6, 6.07) is 3.77. The van der Waals surface area contributed by atoms with Gasteiger partial charge < -0.3 is 10.4 Å². The zero-order valence-corrected chi connectivity index (χ0v) is 9.43. The molecule has 17 heavy (non-hydrogen) atoms. The molecule has 0 spiro atoms. The number of pyridine rings is 1. The SMILES string of the molecule is OCC1(Nc2ccc3nccnc3n2)CCC1. The number of nitrogens with one attached hydrogen (secondary N) is 1. The number of aromatic nitrogens is 3. The Kier molecular flexibility index (Phi) is 2.40. The average Bonchev–Trinajstić information content (AvgIpc) is 2.34. The third-order valence-electron chi connectivity index (χ3n) is 3.34. The van der Waals surface area contributed by atoms with Crippen LogP contribution in [0.3, 0.4) is 0 Å². The first-order valence-electron chi connectivity index (χ1n) is 5.78. The highest BCUT2D eigenvalue weighted by atomic mass is 16.3. The molecule has 0 aliphatic heterocycles. The summed E-state index contributed by atoms with van der Waals surface area (Å²) in [4.78, 5) is 12.7. The van der Waals surface area contributed by atoms with Crippen molar-refractivity contribution in [3.63, 3.8) is 0 Å². The summed E-state index contributed by atoms with van der Waals surface area (Å²) in [5, 5.41) is 12.7. The van der Waals surface area contributed by atoms with Gasteiger partial charge in [0.15, 0.2) is 5.65 Å². The van der Waals surface area contributed by atoms with E-state index in [9.17, 15) is 5.11 Å². The summed E-state index contributed by atoms with van der Waals surface area (Å²) in [6.45, 7) is 0.146. The summed E-state index contributed by atoms with van der Waals surface area (Å²) >= 11 is 0. The minimum atomic E-state index is -0.178. The van der Waals surface area contributed by atoms with Crippen LogP contribution in [0.2, 0.25) is 0 Å². The van der Waals surface area contributed by atoms with Crippen LogP contribution >= 0.6 is 0 Å². The van der Waals surface area contributed by atoms with E-state index in [0.717, 1.165) is 30.6 Å². The zero-order valence-electron chi connectivity index (χ0n) is 9.43. The predicted molar refractivity (Wildman–Crippen MR) is 64.6 cm³/mol. The minimum absolute atomic E-state index is 0.146. The quantitative estimate of drug-likeness (QED) is 0.832. The first-order valence-corrected chi connectivity index (χ1v) is 5.78. The topological polar surface area (TPSA) is 70.9 Å². The van der Waals surface area contributed by atoms with Crippen molar-refractivity contribution in [3.8, 4) is 0 Å². The van der Waals surface area contributed by atoms with Crippen LogP contribution in [-0.2, 0) is 0 Å². The van der Waals surface area contributed by atoms with E-state index in [-0.39, 0.29) is 12.1 Å². The van der Waals surface area contributed by atoms with Crippen molar-refractivity contribution in [2.45, 2.75) is 24.8 Å². The average molecular weight is 230 g/mol. The zero-order chi connectivity index (χ0) is 11.7. The molecule has 2 N–H and O–H groups in total. The second kappa shape index (κ2) is 3.92. The Morgan fingerprint density at radius 1 is 1.24 bits per heavy atom. The number of hydrogen-bond acceptors (Lipinski definition) is 5. The summed E-state index contributed by atoms with van der Waals surface area (Å²) in [7, 11) is 0. The van der Waals surface area contributed by atoms with Crippen molar-refractivity contribution in [1.82, 2.24) is 15.0 Å². The van der Waals surface area contributed by atoms with Crippen LogP contribution in [0, 0.1) is 0 Å². The van der Waals surface area contributed by atoms with Gasteiger partial charge in [0.05, 0.1) is 12.1 Å². The molecule has 5 nitrogen and oxygen atoms in total. The summed E-state index contributed by atoms with van der Waals surface area (Å²) in [6.07, 6.45) is 6.41. The summed E-state index contributed by atoms with van der Waals surface area (Å²) in [5.41, 5.74) is 1.23. The highest BCUT2D eigenvalue weighted by molar-refractivity contribution is 5.71. The maximum atomic E-state index is 9.39. The van der Waals surface area contributed by atoms with Gasteiger partial charge in [0.1, 0.15) is 11.3 Å². The normalized spacial score (nSPS) is 17.7. The number of rotatable bonds is 3. The van der Waals surface area contributed by atoms with Crippen LogP contribution in [-0.4, -0.2) is 32.2 Å². The molecule has 0 atom stereocenters. The molecule has 0 radical (unpaired) electrons. The van der Waals surface area contributed by atoms with Crippen molar-refractivity contribution in [1.29, 1.82) is 0 Å². The number of anilines is 1. The molecule has 0 unspecified atom stereocenters. The van der Waals surface area contributed by atoms with E-state index in [0.29, 0.717) is 5.65 Å². The van der Waals surface area contributed by atoms with E-state index >= 15 is 0 Å². The Morgan fingerprint density at radius 2 is 2.06 bits per heavy atom. The number of fused-ring (bicyclic) bond motifs is 1. The monoisotopic (exact) mass is 230 g/mol. The van der Waals surface area contributed by atoms with Crippen LogP contribution in [0.15, 0.2) is 24.5 Å². The second-order valence-corrected chi connectivity index (χ2v) is 4.51. The first kappa shape index (κ1) is 10.4. The van der Waals surface area contributed by atoms with Gasteiger partial charge in [-0.15, -0.1) is 0 Å². The lowest BCUT2D eigenvalue weighted by molar-refractivity contribution is 0.144. The summed E-state index contributed by atoms with van der Waals surface area (Å²) < 4.78 is 0. The molecule has 2 aromatic heterocycles. The second-order valence-electron chi connectivity index (χ2n) is 4.51. The van der Waals surface area contributed by atoms with E-state index in [2.05, 4.69) is 20.3 Å². The number of nitrogens with zero attached hydrogens (tertiary/aromatic N) is 3. The van der Waals surface area contributed by atoms with Crippen molar-refractivity contribution in [2.75, 3.05) is 11.9 Å². The molecule has 3 rings (SSSR count). The van der Waals surface area contributed by atoms with Gasteiger partial charge in [0.2, 0.25) is 0 Å². The van der Waals surface area contributed by atoms with Gasteiger partial charge in [-0.3, -0.25) is 4.98 Å². The Morgan fingerprint density at radius 3 is 2.76 bits per heavy atom. The standard InChI is InChI=1S/C12H14N4O/c17-8-12(4-1-5-12)16-10-3-2-9-11(15-10)14-7-6-13-9/h2-3,6-7,17H,1,4-5,8H2,(H,14,15,16). The van der Waals surface area contributed by atoms with Crippen molar-refractivity contribution < 1.29 is 5.11 Å². The van der Waals surface area contributed by atoms with Gasteiger partial charge in [-0.25, -0.2) is 9.97 Å². The maximum absolute atomic E-state index is 9.39. The number of aliphatic hydroxyl groups excluding tert-OH is 1. The third kappa shape index (κ3) is 1.82. The lowest BCUT2D eigenvalue weighted by Crippen LogP contribution is -2.48. The maximum Gasteiger partial charge on any atom is 0.180 e. The lowest BCUT2D eigenvalue weighted by atomic mass is 9.77. The van der Waals surface area contributed by atoms with Gasteiger partial charge in [0.25, 0.3) is 0 Å². The number of aliphatic hydroxyl groups is 1. The van der Waals surface area contributed by atoms with E-state index in [1.165, 1.54) is 0 Å². The van der Waals surface area contributed by atoms with Crippen LogP contribution in [0.5, 0.6) is 0 Å². The molecule has 2 heterocycles. The fourth-order valence-corrected chi connectivity index (χ4v) is 2.12. The Hall–Kier alpha value is -1.75. The third-order valence-corrected chi connectivity index (χ3v) is 3.34. The van der Waals surface area contributed by atoms with Gasteiger partial charge in [-0.2, -0.15) is 0 Å². The molecule has 2 aromatic rings. The molecule has 1 aliphatic rings. The molecule has 0 aromatic carbocycles. The van der Waals surface area contributed by atoms with Gasteiger partial charge in [-0.1, -0.05) is 0 Å². The fraction of sp³-hybridized carbons (Fsp3) is 0.417.